The maximum absolute atomic E-state index is 12.4. The molecule has 4 aromatic rings. The minimum absolute atomic E-state index is 0.0372. The van der Waals surface area contributed by atoms with Crippen molar-refractivity contribution in [1.29, 1.82) is 0 Å². The Bertz CT molecular complexity index is 1550. The van der Waals surface area contributed by atoms with Crippen molar-refractivity contribution in [1.82, 2.24) is 15.6 Å². The summed E-state index contributed by atoms with van der Waals surface area (Å²) < 4.78 is 16.9. The molecule has 1 heterocycles. The second kappa shape index (κ2) is 15.6. The molecule has 1 fully saturated rings. The molecule has 2 amide bonds. The standard InChI is InChI=1S/C33H35N5O5S/c1-41-27-15-13-25(14-16-27)32(40)35-33-38-37-31(44-33)21-30(39)36-34-22-26-9-5-6-10-29(26)43-20-19-42-28-17-11-24(12-18-28)23-7-3-2-4-8-23/h5-6,9-18,22-23H,2-4,7-8,19-21H2,1H3,(H,36,39)(H,35,38,40)/b34-22+. The number of carbonyl (C=O) groups excluding carboxylic acids is 2. The van der Waals surface area contributed by atoms with Crippen LogP contribution in [-0.2, 0) is 11.2 Å². The third-order valence-corrected chi connectivity index (χ3v) is 8.07. The lowest BCUT2D eigenvalue weighted by Crippen LogP contribution is -2.19. The Hall–Kier alpha value is -4.77. The van der Waals surface area contributed by atoms with Gasteiger partial charge in [-0.3, -0.25) is 14.9 Å². The van der Waals surface area contributed by atoms with Gasteiger partial charge in [-0.1, -0.05) is 54.9 Å². The Morgan fingerprint density at radius 3 is 2.41 bits per heavy atom. The van der Waals surface area contributed by atoms with E-state index in [1.165, 1.54) is 43.9 Å². The zero-order chi connectivity index (χ0) is 30.6. The maximum Gasteiger partial charge on any atom is 0.257 e. The van der Waals surface area contributed by atoms with Crippen molar-refractivity contribution in [3.63, 3.8) is 0 Å². The van der Waals surface area contributed by atoms with Crippen LogP contribution in [0.15, 0.2) is 77.9 Å². The molecule has 0 spiro atoms. The van der Waals surface area contributed by atoms with E-state index in [4.69, 9.17) is 14.2 Å². The molecule has 1 aliphatic rings. The van der Waals surface area contributed by atoms with Gasteiger partial charge >= 0.3 is 0 Å². The van der Waals surface area contributed by atoms with Gasteiger partial charge < -0.3 is 14.2 Å². The lowest BCUT2D eigenvalue weighted by Gasteiger charge is -2.22. The molecule has 5 rings (SSSR count). The number of rotatable bonds is 13. The number of carbonyl (C=O) groups is 2. The van der Waals surface area contributed by atoms with E-state index in [2.05, 4.69) is 38.2 Å². The van der Waals surface area contributed by atoms with Gasteiger partial charge in [0.2, 0.25) is 11.0 Å². The molecule has 0 saturated heterocycles. The highest BCUT2D eigenvalue weighted by atomic mass is 32.1. The number of hydrogen-bond acceptors (Lipinski definition) is 9. The Balaban J connectivity index is 1.04. The van der Waals surface area contributed by atoms with E-state index < -0.39 is 0 Å². The van der Waals surface area contributed by atoms with Crippen molar-refractivity contribution in [3.05, 3.63) is 94.5 Å². The first-order valence-corrected chi connectivity index (χ1v) is 15.4. The monoisotopic (exact) mass is 613 g/mol. The van der Waals surface area contributed by atoms with Gasteiger partial charge in [-0.2, -0.15) is 5.10 Å². The van der Waals surface area contributed by atoms with Gasteiger partial charge in [-0.05, 0) is 72.9 Å². The Morgan fingerprint density at radius 1 is 0.909 bits per heavy atom. The van der Waals surface area contributed by atoms with E-state index in [1.54, 1.807) is 31.4 Å². The lowest BCUT2D eigenvalue weighted by atomic mass is 9.84. The van der Waals surface area contributed by atoms with Gasteiger partial charge in [-0.15, -0.1) is 10.2 Å². The zero-order valence-corrected chi connectivity index (χ0v) is 25.3. The summed E-state index contributed by atoms with van der Waals surface area (Å²) in [5, 5.41) is 15.4. The Kier molecular flexibility index (Phi) is 10.9. The summed E-state index contributed by atoms with van der Waals surface area (Å²) in [6.45, 7) is 0.755. The van der Waals surface area contributed by atoms with Crippen molar-refractivity contribution >= 4 is 34.5 Å². The molecule has 228 valence electrons. The summed E-state index contributed by atoms with van der Waals surface area (Å²) >= 11 is 1.12. The lowest BCUT2D eigenvalue weighted by molar-refractivity contribution is -0.120. The highest BCUT2D eigenvalue weighted by molar-refractivity contribution is 7.15. The van der Waals surface area contributed by atoms with E-state index in [0.29, 0.717) is 51.9 Å². The second-order valence-electron chi connectivity index (χ2n) is 10.3. The average Bonchev–Trinajstić information content (AvgIpc) is 3.50. The molecular formula is C33H35N5O5S. The molecule has 0 atom stereocenters. The highest BCUT2D eigenvalue weighted by Gasteiger charge is 2.15. The molecule has 2 N–H and O–H groups in total. The summed E-state index contributed by atoms with van der Waals surface area (Å²) in [6, 6.07) is 22.5. The molecule has 1 aliphatic carbocycles. The molecule has 44 heavy (non-hydrogen) atoms. The first-order valence-electron chi connectivity index (χ1n) is 14.6. The van der Waals surface area contributed by atoms with Crippen molar-refractivity contribution in [2.45, 2.75) is 44.4 Å². The number of para-hydroxylation sites is 1. The van der Waals surface area contributed by atoms with E-state index >= 15 is 0 Å². The number of hydrogen-bond donors (Lipinski definition) is 2. The van der Waals surface area contributed by atoms with Crippen LogP contribution in [-0.4, -0.2) is 48.5 Å². The minimum atomic E-state index is -0.369. The molecule has 0 bridgehead atoms. The fourth-order valence-electron chi connectivity index (χ4n) is 4.94. The molecule has 1 saturated carbocycles. The maximum atomic E-state index is 12.4. The first-order chi connectivity index (χ1) is 21.6. The second-order valence-corrected chi connectivity index (χ2v) is 11.4. The number of ether oxygens (including phenoxy) is 3. The van der Waals surface area contributed by atoms with Crippen LogP contribution < -0.4 is 25.0 Å². The van der Waals surface area contributed by atoms with Crippen LogP contribution in [0.25, 0.3) is 0 Å². The Morgan fingerprint density at radius 2 is 1.64 bits per heavy atom. The van der Waals surface area contributed by atoms with Crippen molar-refractivity contribution in [3.8, 4) is 17.2 Å². The molecule has 0 unspecified atom stereocenters. The number of aromatic nitrogens is 2. The molecule has 11 heteroatoms. The number of methoxy groups -OCH3 is 1. The van der Waals surface area contributed by atoms with Crippen LogP contribution in [0.5, 0.6) is 17.2 Å². The summed E-state index contributed by atoms with van der Waals surface area (Å²) in [5.74, 6) is 2.08. The predicted molar refractivity (Wildman–Crippen MR) is 170 cm³/mol. The number of hydrazone groups is 1. The summed E-state index contributed by atoms with van der Waals surface area (Å²) in [7, 11) is 1.56. The molecule has 1 aromatic heterocycles. The van der Waals surface area contributed by atoms with Crippen LogP contribution in [0.3, 0.4) is 0 Å². The SMILES string of the molecule is COc1ccc(C(=O)Nc2nnc(CC(=O)N/N=C/c3ccccc3OCCOc3ccc(C4CCCCC4)cc3)s2)cc1. The van der Waals surface area contributed by atoms with Gasteiger partial charge in [0.1, 0.15) is 35.5 Å². The van der Waals surface area contributed by atoms with Crippen molar-refractivity contribution < 1.29 is 23.8 Å². The smallest absolute Gasteiger partial charge is 0.257 e. The molecule has 0 radical (unpaired) electrons. The van der Waals surface area contributed by atoms with E-state index in [1.807, 2.05) is 36.4 Å². The minimum Gasteiger partial charge on any atom is -0.497 e. The van der Waals surface area contributed by atoms with Crippen LogP contribution in [0.1, 0.15) is 64.5 Å². The molecule has 10 nitrogen and oxygen atoms in total. The van der Waals surface area contributed by atoms with E-state index in [9.17, 15) is 9.59 Å². The quantitative estimate of drug-likeness (QED) is 0.108. The van der Waals surface area contributed by atoms with Crippen LogP contribution >= 0.6 is 11.3 Å². The number of anilines is 1. The molecule has 3 aromatic carbocycles. The third kappa shape index (κ3) is 8.87. The van der Waals surface area contributed by atoms with Gasteiger partial charge in [0.15, 0.2) is 0 Å². The number of benzene rings is 3. The number of amides is 2. The summed E-state index contributed by atoms with van der Waals surface area (Å²) in [5.41, 5.74) is 5.06. The van der Waals surface area contributed by atoms with Crippen molar-refractivity contribution in [2.75, 3.05) is 25.6 Å². The fourth-order valence-corrected chi connectivity index (χ4v) is 5.67. The van der Waals surface area contributed by atoms with Gasteiger partial charge in [0.25, 0.3) is 5.91 Å². The number of nitrogens with zero attached hydrogens (tertiary/aromatic N) is 3. The van der Waals surface area contributed by atoms with Gasteiger partial charge in [0.05, 0.1) is 19.7 Å². The predicted octanol–water partition coefficient (Wildman–Crippen LogP) is 6.00. The third-order valence-electron chi connectivity index (χ3n) is 7.23. The van der Waals surface area contributed by atoms with Crippen LogP contribution in [0.2, 0.25) is 0 Å². The zero-order valence-electron chi connectivity index (χ0n) is 24.5. The Labute approximate surface area is 260 Å². The summed E-state index contributed by atoms with van der Waals surface area (Å²) in [4.78, 5) is 24.9. The average molecular weight is 614 g/mol. The normalized spacial score (nSPS) is 13.4. The van der Waals surface area contributed by atoms with E-state index in [0.717, 1.165) is 17.1 Å². The summed E-state index contributed by atoms with van der Waals surface area (Å²) in [6.07, 6.45) is 8.03. The van der Waals surface area contributed by atoms with Crippen LogP contribution in [0.4, 0.5) is 5.13 Å². The highest BCUT2D eigenvalue weighted by Crippen LogP contribution is 2.33. The molecular weight excluding hydrogens is 578 g/mol. The van der Waals surface area contributed by atoms with E-state index in [-0.39, 0.29) is 18.2 Å². The fraction of sp³-hybridized carbons (Fsp3) is 0.303. The largest absolute Gasteiger partial charge is 0.497 e. The van der Waals surface area contributed by atoms with Gasteiger partial charge in [-0.25, -0.2) is 5.43 Å². The topological polar surface area (TPSA) is 124 Å². The van der Waals surface area contributed by atoms with Gasteiger partial charge in [0, 0.05) is 11.1 Å². The molecule has 0 aliphatic heterocycles. The first kappa shape index (κ1) is 30.7. The number of nitrogens with one attached hydrogen (secondary N) is 2. The van der Waals surface area contributed by atoms with Crippen molar-refractivity contribution in [2.24, 2.45) is 5.10 Å². The van der Waals surface area contributed by atoms with Crippen LogP contribution in [0, 0.1) is 0 Å².